The SMILES string of the molecule is CC[C@H](C)[C@@H]([C@@H](CC(=O)N1CCC[C@H]1[C@H](OC)[C@@H](C)C(=O)N[C@@H](Cc1c[nH]c2ccccc12)C(=O)O)OC)N(C)C(=O)[C@@H](NC(=O)[C@H](C(C)C)N(C)CCCCCCN1C(=O)C=CC1=O)C(C)C. The van der Waals surface area contributed by atoms with Crippen molar-refractivity contribution < 1.29 is 48.1 Å². The number of benzene rings is 1. The fraction of sp³-hybridized carbons (Fsp3) is 0.667. The van der Waals surface area contributed by atoms with Crippen LogP contribution in [0.1, 0.15) is 105 Å². The van der Waals surface area contributed by atoms with Gasteiger partial charge in [-0.25, -0.2) is 4.79 Å². The van der Waals surface area contributed by atoms with Gasteiger partial charge in [-0.15, -0.1) is 0 Å². The van der Waals surface area contributed by atoms with Crippen LogP contribution < -0.4 is 10.6 Å². The summed E-state index contributed by atoms with van der Waals surface area (Å²) in [5.41, 5.74) is 1.64. The molecular weight excluding hydrogens is 871 g/mol. The predicted molar refractivity (Wildman–Crippen MR) is 260 cm³/mol. The molecule has 17 heteroatoms. The number of ether oxygens (including phenoxy) is 2. The number of carbonyl (C=O) groups is 7. The normalized spacial score (nSPS) is 18.8. The molecule has 0 bridgehead atoms. The Morgan fingerprint density at radius 1 is 0.882 bits per heavy atom. The smallest absolute Gasteiger partial charge is 0.326 e. The molecule has 0 radical (unpaired) electrons. The molecule has 2 aliphatic rings. The number of para-hydroxylation sites is 1. The minimum atomic E-state index is -1.19. The number of unbranched alkanes of at least 4 members (excludes halogenated alkanes) is 3. The number of carboxylic acid groups (broad SMARTS) is 1. The third-order valence-corrected chi connectivity index (χ3v) is 14.1. The predicted octanol–water partition coefficient (Wildman–Crippen LogP) is 4.78. The number of aliphatic carboxylic acids is 1. The van der Waals surface area contributed by atoms with Crippen LogP contribution in [-0.4, -0.2) is 161 Å². The second-order valence-electron chi connectivity index (χ2n) is 19.5. The maximum Gasteiger partial charge on any atom is 0.326 e. The quantitative estimate of drug-likeness (QED) is 0.0674. The van der Waals surface area contributed by atoms with E-state index >= 15 is 0 Å². The van der Waals surface area contributed by atoms with Crippen LogP contribution in [-0.2, 0) is 49.5 Å². The van der Waals surface area contributed by atoms with E-state index in [1.165, 1.54) is 31.3 Å². The zero-order valence-electron chi connectivity index (χ0n) is 42.3. The number of rotatable bonds is 28. The number of nitrogens with zero attached hydrogens (tertiary/aromatic N) is 4. The monoisotopic (exact) mass is 950 g/mol. The van der Waals surface area contributed by atoms with Crippen molar-refractivity contribution in [1.29, 1.82) is 0 Å². The summed E-state index contributed by atoms with van der Waals surface area (Å²) in [5, 5.41) is 16.8. The molecule has 1 aromatic heterocycles. The lowest BCUT2D eigenvalue weighted by atomic mass is 9.89. The Hall–Kier alpha value is -5.13. The van der Waals surface area contributed by atoms with Crippen molar-refractivity contribution >= 4 is 52.3 Å². The van der Waals surface area contributed by atoms with Gasteiger partial charge in [-0.2, -0.15) is 0 Å². The Kier molecular flexibility index (Phi) is 21.2. The Labute approximate surface area is 403 Å². The minimum Gasteiger partial charge on any atom is -0.480 e. The fourth-order valence-corrected chi connectivity index (χ4v) is 10.1. The van der Waals surface area contributed by atoms with E-state index in [4.69, 9.17) is 9.47 Å². The number of hydrogen-bond acceptors (Lipinski definition) is 10. The van der Waals surface area contributed by atoms with Crippen LogP contribution >= 0.6 is 0 Å². The molecule has 4 rings (SSSR count). The van der Waals surface area contributed by atoms with E-state index in [1.807, 2.05) is 77.8 Å². The van der Waals surface area contributed by atoms with E-state index < -0.39 is 60.2 Å². The molecular formula is C51H79N7O10. The summed E-state index contributed by atoms with van der Waals surface area (Å²) in [6.07, 6.45) is 8.09. The highest BCUT2D eigenvalue weighted by Crippen LogP contribution is 2.30. The molecule has 17 nitrogen and oxygen atoms in total. The van der Waals surface area contributed by atoms with Crippen molar-refractivity contribution in [3.63, 3.8) is 0 Å². The highest BCUT2D eigenvalue weighted by molar-refractivity contribution is 6.12. The molecule has 2 aliphatic heterocycles. The lowest BCUT2D eigenvalue weighted by Crippen LogP contribution is -2.60. The van der Waals surface area contributed by atoms with Crippen molar-refractivity contribution in [3.05, 3.63) is 48.2 Å². The number of methoxy groups -OCH3 is 2. The summed E-state index contributed by atoms with van der Waals surface area (Å²) >= 11 is 0. The first-order valence-electron chi connectivity index (χ1n) is 24.5. The van der Waals surface area contributed by atoms with Crippen molar-refractivity contribution in [2.24, 2.45) is 23.7 Å². The van der Waals surface area contributed by atoms with Crippen molar-refractivity contribution in [1.82, 2.24) is 35.2 Å². The van der Waals surface area contributed by atoms with Gasteiger partial charge in [-0.3, -0.25) is 38.6 Å². The van der Waals surface area contributed by atoms with E-state index in [9.17, 15) is 38.7 Å². The van der Waals surface area contributed by atoms with Crippen molar-refractivity contribution in [2.45, 2.75) is 149 Å². The number of amides is 6. The molecule has 1 saturated heterocycles. The van der Waals surface area contributed by atoms with Gasteiger partial charge in [0.25, 0.3) is 11.8 Å². The van der Waals surface area contributed by atoms with Crippen LogP contribution in [0.5, 0.6) is 0 Å². The topological polar surface area (TPSA) is 211 Å². The summed E-state index contributed by atoms with van der Waals surface area (Å²) < 4.78 is 12.0. The number of carboxylic acids is 1. The fourth-order valence-electron chi connectivity index (χ4n) is 10.1. The Bertz CT molecular complexity index is 2050. The number of hydrogen-bond donors (Lipinski definition) is 4. The molecule has 0 spiro atoms. The first kappa shape index (κ1) is 55.5. The average Bonchev–Trinajstić information content (AvgIpc) is 4.04. The molecule has 68 heavy (non-hydrogen) atoms. The third-order valence-electron chi connectivity index (χ3n) is 14.1. The first-order valence-corrected chi connectivity index (χ1v) is 24.5. The molecule has 1 fully saturated rings. The van der Waals surface area contributed by atoms with Crippen LogP contribution in [0.15, 0.2) is 42.6 Å². The number of fused-ring (bicyclic) bond motifs is 1. The maximum absolute atomic E-state index is 14.6. The van der Waals surface area contributed by atoms with Gasteiger partial charge >= 0.3 is 5.97 Å². The van der Waals surface area contributed by atoms with E-state index in [-0.39, 0.29) is 60.1 Å². The number of carbonyl (C=O) groups excluding carboxylic acids is 6. The number of aromatic amines is 1. The largest absolute Gasteiger partial charge is 0.480 e. The van der Waals surface area contributed by atoms with E-state index in [0.29, 0.717) is 45.3 Å². The van der Waals surface area contributed by atoms with Gasteiger partial charge in [-0.05, 0) is 68.7 Å². The van der Waals surface area contributed by atoms with Gasteiger partial charge in [0.05, 0.1) is 42.7 Å². The van der Waals surface area contributed by atoms with Crippen LogP contribution in [0.25, 0.3) is 10.9 Å². The molecule has 3 heterocycles. The average molecular weight is 950 g/mol. The van der Waals surface area contributed by atoms with Crippen molar-refractivity contribution in [3.8, 4) is 0 Å². The number of nitrogens with one attached hydrogen (secondary N) is 3. The number of likely N-dealkylation sites (tertiary alicyclic amines) is 1. The highest BCUT2D eigenvalue weighted by atomic mass is 16.5. The summed E-state index contributed by atoms with van der Waals surface area (Å²) in [7, 11) is 6.64. The van der Waals surface area contributed by atoms with Crippen LogP contribution in [0.2, 0.25) is 0 Å². The van der Waals surface area contributed by atoms with Crippen LogP contribution in [0.4, 0.5) is 0 Å². The Morgan fingerprint density at radius 3 is 2.15 bits per heavy atom. The van der Waals surface area contributed by atoms with Gasteiger partial charge in [0, 0.05) is 70.0 Å². The summed E-state index contributed by atoms with van der Waals surface area (Å²) in [6, 6.07) is 4.02. The first-order chi connectivity index (χ1) is 32.3. The molecule has 0 saturated carbocycles. The van der Waals surface area contributed by atoms with E-state index in [1.54, 1.807) is 30.0 Å². The molecule has 378 valence electrons. The number of H-pyrrole nitrogens is 1. The van der Waals surface area contributed by atoms with E-state index in [0.717, 1.165) is 35.7 Å². The second-order valence-corrected chi connectivity index (χ2v) is 19.5. The van der Waals surface area contributed by atoms with Gasteiger partial charge in [0.15, 0.2) is 0 Å². The molecule has 1 aromatic carbocycles. The lowest BCUT2D eigenvalue weighted by molar-refractivity contribution is -0.148. The molecule has 9 atom stereocenters. The standard InChI is InChI=1S/C51H79N7O10/c1-12-33(6)46(56(9)50(64)44(31(2)3)54-49(63)45(32(4)5)55(8)25-17-13-14-18-26-58-41(59)23-24-42(58)60)40(67-10)29-43(61)57-27-19-22-39(57)47(68-11)34(7)48(62)53-38(51(65)66)28-35-30-52-37-21-16-15-20-36(35)37/h15-16,20-21,23-24,30-34,38-40,44-47,52H,12-14,17-19,22,25-29H2,1-11H3,(H,53,62)(H,54,63)(H,65,66)/t33-,34+,38-,39-,40+,44-,45-,46-,47+/m0/s1. The minimum absolute atomic E-state index is 0.0486. The zero-order chi connectivity index (χ0) is 50.4. The zero-order valence-corrected chi connectivity index (χ0v) is 42.3. The number of imide groups is 1. The van der Waals surface area contributed by atoms with Crippen LogP contribution in [0.3, 0.4) is 0 Å². The van der Waals surface area contributed by atoms with E-state index in [2.05, 4.69) is 15.6 Å². The molecule has 6 amide bonds. The van der Waals surface area contributed by atoms with Crippen molar-refractivity contribution in [2.75, 3.05) is 47.9 Å². The molecule has 0 aliphatic carbocycles. The van der Waals surface area contributed by atoms with Gasteiger partial charge in [-0.1, -0.05) is 85.9 Å². The maximum atomic E-state index is 14.6. The molecule has 2 aromatic rings. The Morgan fingerprint density at radius 2 is 1.54 bits per heavy atom. The highest BCUT2D eigenvalue weighted by Gasteiger charge is 2.43. The third kappa shape index (κ3) is 14.0. The Balaban J connectivity index is 1.40. The van der Waals surface area contributed by atoms with Gasteiger partial charge in [0.1, 0.15) is 12.1 Å². The number of likely N-dealkylation sites (N-methyl/N-ethyl adjacent to an activating group) is 2. The summed E-state index contributed by atoms with van der Waals surface area (Å²) in [4.78, 5) is 103. The summed E-state index contributed by atoms with van der Waals surface area (Å²) in [6.45, 7) is 14.9. The van der Waals surface area contributed by atoms with Crippen LogP contribution in [0, 0.1) is 23.7 Å². The molecule has 4 N–H and O–H groups in total. The second kappa shape index (κ2) is 26.0. The van der Waals surface area contributed by atoms with Gasteiger partial charge in [0.2, 0.25) is 23.6 Å². The van der Waals surface area contributed by atoms with Gasteiger partial charge < -0.3 is 40.0 Å². The molecule has 0 unspecified atom stereocenters. The lowest BCUT2D eigenvalue weighted by Gasteiger charge is -2.41. The number of aromatic nitrogens is 1. The summed E-state index contributed by atoms with van der Waals surface area (Å²) in [5.74, 6) is -4.16.